The molecule has 1 heterocycles. The van der Waals surface area contributed by atoms with Gasteiger partial charge in [-0.3, -0.25) is 14.9 Å². The van der Waals surface area contributed by atoms with Crippen molar-refractivity contribution in [1.82, 2.24) is 4.98 Å². The molecule has 0 saturated heterocycles. The Balaban J connectivity index is 1.60. The van der Waals surface area contributed by atoms with Gasteiger partial charge < -0.3 is 10.6 Å². The fourth-order valence-electron chi connectivity index (χ4n) is 2.16. The van der Waals surface area contributed by atoms with E-state index in [1.54, 1.807) is 29.6 Å². The number of carbonyl (C=O) groups excluding carboxylic acids is 1. The third-order valence-corrected chi connectivity index (χ3v) is 4.71. The summed E-state index contributed by atoms with van der Waals surface area (Å²) in [7, 11) is 0. The number of aromatic nitrogens is 1. The van der Waals surface area contributed by atoms with Crippen LogP contribution in [-0.4, -0.2) is 22.4 Å². The molecule has 3 rings (SSSR count). The maximum Gasteiger partial charge on any atom is 0.270 e. The molecule has 0 aliphatic carbocycles. The van der Waals surface area contributed by atoms with Crippen molar-refractivity contribution in [2.75, 3.05) is 17.2 Å². The van der Waals surface area contributed by atoms with Gasteiger partial charge in [0.05, 0.1) is 17.2 Å². The van der Waals surface area contributed by atoms with Gasteiger partial charge in [-0.25, -0.2) is 4.98 Å². The van der Waals surface area contributed by atoms with Crippen molar-refractivity contribution in [2.24, 2.45) is 0 Å². The number of rotatable bonds is 6. The van der Waals surface area contributed by atoms with Gasteiger partial charge in [-0.05, 0) is 24.3 Å². The molecule has 0 radical (unpaired) electrons. The van der Waals surface area contributed by atoms with Crippen LogP contribution in [-0.2, 0) is 4.79 Å². The second kappa shape index (κ2) is 8.07. The quantitative estimate of drug-likeness (QED) is 0.440. The highest BCUT2D eigenvalue weighted by atomic mass is 79.9. The maximum atomic E-state index is 12.0. The molecule has 0 aliphatic rings. The number of carbonyl (C=O) groups is 1. The molecule has 0 spiro atoms. The van der Waals surface area contributed by atoms with Crippen molar-refractivity contribution in [3.63, 3.8) is 0 Å². The summed E-state index contributed by atoms with van der Waals surface area (Å²) in [6, 6.07) is 13.6. The number of nitrogens with zero attached hydrogens (tertiary/aromatic N) is 2. The number of anilines is 2. The number of thiazole rings is 1. The molecule has 0 unspecified atom stereocenters. The van der Waals surface area contributed by atoms with Crippen molar-refractivity contribution in [3.05, 3.63) is 68.5 Å². The predicted octanol–water partition coefficient (Wildman–Crippen LogP) is 4.53. The summed E-state index contributed by atoms with van der Waals surface area (Å²) in [5.41, 5.74) is 1.99. The summed E-state index contributed by atoms with van der Waals surface area (Å²) >= 11 is 4.67. The lowest BCUT2D eigenvalue weighted by Crippen LogP contribution is -2.21. The van der Waals surface area contributed by atoms with E-state index in [0.717, 1.165) is 4.47 Å². The van der Waals surface area contributed by atoms with Crippen molar-refractivity contribution < 1.29 is 9.72 Å². The van der Waals surface area contributed by atoms with Gasteiger partial charge >= 0.3 is 0 Å². The highest BCUT2D eigenvalue weighted by Crippen LogP contribution is 2.27. The van der Waals surface area contributed by atoms with Crippen LogP contribution in [0.25, 0.3) is 11.3 Å². The Morgan fingerprint density at radius 1 is 1.23 bits per heavy atom. The fourth-order valence-corrected chi connectivity index (χ4v) is 3.14. The van der Waals surface area contributed by atoms with Crippen molar-refractivity contribution in [1.29, 1.82) is 0 Å². The van der Waals surface area contributed by atoms with E-state index in [1.165, 1.54) is 23.5 Å². The average Bonchev–Trinajstić information content (AvgIpc) is 3.11. The number of nitro benzene ring substituents is 1. The first kappa shape index (κ1) is 18.0. The standard InChI is InChI=1S/C17H13BrN4O3S/c18-12-4-6-13(7-5-12)20-16(23)9-19-17-21-15(10-26-17)11-2-1-3-14(8-11)22(24)25/h1-8,10H,9H2,(H,19,21)(H,20,23). The Labute approximate surface area is 161 Å². The van der Waals surface area contributed by atoms with Gasteiger partial charge in [-0.15, -0.1) is 11.3 Å². The Kier molecular flexibility index (Phi) is 5.59. The topological polar surface area (TPSA) is 97.2 Å². The molecule has 3 aromatic rings. The van der Waals surface area contributed by atoms with Gasteiger partial charge in [0.15, 0.2) is 5.13 Å². The number of benzene rings is 2. The van der Waals surface area contributed by atoms with E-state index >= 15 is 0 Å². The van der Waals surface area contributed by atoms with E-state index in [9.17, 15) is 14.9 Å². The van der Waals surface area contributed by atoms with Gasteiger partial charge in [0.2, 0.25) is 5.91 Å². The van der Waals surface area contributed by atoms with Gasteiger partial charge in [0.25, 0.3) is 5.69 Å². The van der Waals surface area contributed by atoms with Crippen LogP contribution in [0.2, 0.25) is 0 Å². The number of non-ortho nitro benzene ring substituents is 1. The number of hydrogen-bond donors (Lipinski definition) is 2. The third-order valence-electron chi connectivity index (χ3n) is 3.39. The number of hydrogen-bond acceptors (Lipinski definition) is 6. The van der Waals surface area contributed by atoms with Crippen LogP contribution in [0.4, 0.5) is 16.5 Å². The summed E-state index contributed by atoms with van der Waals surface area (Å²) in [5.74, 6) is -0.195. The SMILES string of the molecule is O=C(CNc1nc(-c2cccc([N+](=O)[O-])c2)cs1)Nc1ccc(Br)cc1. The monoisotopic (exact) mass is 432 g/mol. The van der Waals surface area contributed by atoms with E-state index in [2.05, 4.69) is 31.5 Å². The number of amides is 1. The van der Waals surface area contributed by atoms with Gasteiger partial charge in [-0.1, -0.05) is 28.1 Å². The minimum absolute atomic E-state index is 0.0129. The van der Waals surface area contributed by atoms with Gasteiger partial charge in [0.1, 0.15) is 0 Å². The molecule has 0 bridgehead atoms. The molecule has 1 aromatic heterocycles. The molecular formula is C17H13BrN4O3S. The third kappa shape index (κ3) is 4.64. The lowest BCUT2D eigenvalue weighted by molar-refractivity contribution is -0.384. The van der Waals surface area contributed by atoms with Crippen LogP contribution in [0.3, 0.4) is 0 Å². The molecule has 0 fully saturated rings. The molecule has 132 valence electrons. The molecule has 26 heavy (non-hydrogen) atoms. The van der Waals surface area contributed by atoms with Crippen molar-refractivity contribution in [2.45, 2.75) is 0 Å². The number of nitro groups is 1. The first-order valence-electron chi connectivity index (χ1n) is 7.51. The van der Waals surface area contributed by atoms with Crippen LogP contribution in [0, 0.1) is 10.1 Å². The minimum atomic E-state index is -0.443. The highest BCUT2D eigenvalue weighted by Gasteiger charge is 2.10. The maximum absolute atomic E-state index is 12.0. The minimum Gasteiger partial charge on any atom is -0.352 e. The highest BCUT2D eigenvalue weighted by molar-refractivity contribution is 9.10. The molecular weight excluding hydrogens is 420 g/mol. The van der Waals surface area contributed by atoms with Gasteiger partial charge in [-0.2, -0.15) is 0 Å². The zero-order valence-electron chi connectivity index (χ0n) is 13.3. The summed E-state index contributed by atoms with van der Waals surface area (Å²) in [4.78, 5) is 26.8. The molecule has 7 nitrogen and oxygen atoms in total. The zero-order chi connectivity index (χ0) is 18.5. The van der Waals surface area contributed by atoms with Crippen LogP contribution in [0.5, 0.6) is 0 Å². The second-order valence-corrected chi connectivity index (χ2v) is 7.03. The molecule has 2 N–H and O–H groups in total. The number of halogens is 1. The molecule has 1 amide bonds. The van der Waals surface area contributed by atoms with E-state index in [-0.39, 0.29) is 18.1 Å². The zero-order valence-corrected chi connectivity index (χ0v) is 15.7. The van der Waals surface area contributed by atoms with E-state index in [1.807, 2.05) is 12.1 Å². The Morgan fingerprint density at radius 3 is 2.73 bits per heavy atom. The second-order valence-electron chi connectivity index (χ2n) is 5.25. The summed E-state index contributed by atoms with van der Waals surface area (Å²) in [6.07, 6.45) is 0. The lowest BCUT2D eigenvalue weighted by Gasteiger charge is -2.05. The normalized spacial score (nSPS) is 10.3. The largest absolute Gasteiger partial charge is 0.352 e. The summed E-state index contributed by atoms with van der Waals surface area (Å²) in [6.45, 7) is 0.0674. The molecule has 9 heteroatoms. The molecule has 0 aliphatic heterocycles. The van der Waals surface area contributed by atoms with Crippen molar-refractivity contribution >= 4 is 49.7 Å². The molecule has 2 aromatic carbocycles. The van der Waals surface area contributed by atoms with Gasteiger partial charge in [0, 0.05) is 33.2 Å². The summed E-state index contributed by atoms with van der Waals surface area (Å²) < 4.78 is 0.935. The first-order chi connectivity index (χ1) is 12.5. The van der Waals surface area contributed by atoms with Crippen LogP contribution >= 0.6 is 27.3 Å². The van der Waals surface area contributed by atoms with E-state index in [4.69, 9.17) is 0 Å². The Morgan fingerprint density at radius 2 is 2.00 bits per heavy atom. The molecule has 0 atom stereocenters. The molecule has 0 saturated carbocycles. The van der Waals surface area contributed by atoms with E-state index in [0.29, 0.717) is 22.1 Å². The Bertz CT molecular complexity index is 943. The fraction of sp³-hybridized carbons (Fsp3) is 0.0588. The first-order valence-corrected chi connectivity index (χ1v) is 9.18. The van der Waals surface area contributed by atoms with Crippen LogP contribution in [0.1, 0.15) is 0 Å². The van der Waals surface area contributed by atoms with Crippen molar-refractivity contribution in [3.8, 4) is 11.3 Å². The Hall–Kier alpha value is -2.78. The smallest absolute Gasteiger partial charge is 0.270 e. The van der Waals surface area contributed by atoms with E-state index < -0.39 is 4.92 Å². The summed E-state index contributed by atoms with van der Waals surface area (Å²) in [5, 5.41) is 19.0. The average molecular weight is 433 g/mol. The lowest BCUT2D eigenvalue weighted by atomic mass is 10.1. The predicted molar refractivity (Wildman–Crippen MR) is 105 cm³/mol. The van der Waals surface area contributed by atoms with Crippen LogP contribution in [0.15, 0.2) is 58.4 Å². The van der Waals surface area contributed by atoms with Crippen LogP contribution < -0.4 is 10.6 Å². The number of nitrogens with one attached hydrogen (secondary N) is 2.